The number of nitrogens with zero attached hydrogens (tertiary/aromatic N) is 1. The summed E-state index contributed by atoms with van der Waals surface area (Å²) in [5.74, 6) is 3.02. The second kappa shape index (κ2) is 6.48. The van der Waals surface area contributed by atoms with E-state index in [1.165, 1.54) is 44.1 Å². The number of pyridine rings is 1. The van der Waals surface area contributed by atoms with Crippen molar-refractivity contribution in [2.75, 3.05) is 6.54 Å². The Morgan fingerprint density at radius 1 is 1.19 bits per heavy atom. The third kappa shape index (κ3) is 3.48. The van der Waals surface area contributed by atoms with Crippen molar-refractivity contribution in [2.45, 2.75) is 65.3 Å². The van der Waals surface area contributed by atoms with E-state index < -0.39 is 0 Å². The van der Waals surface area contributed by atoms with E-state index >= 15 is 0 Å². The van der Waals surface area contributed by atoms with Gasteiger partial charge >= 0.3 is 0 Å². The maximum atomic E-state index is 4.54. The van der Waals surface area contributed by atoms with E-state index in [4.69, 9.17) is 0 Å². The summed E-state index contributed by atoms with van der Waals surface area (Å²) in [5.41, 5.74) is 3.76. The average Bonchev–Trinajstić information content (AvgIpc) is 3.04. The first kappa shape index (κ1) is 15.0. The zero-order chi connectivity index (χ0) is 14.8. The molecule has 2 aliphatic rings. The number of rotatable bonds is 6. The van der Waals surface area contributed by atoms with E-state index in [2.05, 4.69) is 43.2 Å². The molecule has 4 unspecified atom stereocenters. The Kier molecular flexibility index (Phi) is 4.63. The van der Waals surface area contributed by atoms with Gasteiger partial charge < -0.3 is 5.32 Å². The summed E-state index contributed by atoms with van der Waals surface area (Å²) < 4.78 is 0. The van der Waals surface area contributed by atoms with Crippen molar-refractivity contribution in [3.05, 3.63) is 29.1 Å². The molecule has 1 aromatic heterocycles. The molecule has 0 aromatic carbocycles. The molecule has 4 atom stereocenters. The van der Waals surface area contributed by atoms with Crippen molar-refractivity contribution >= 4 is 0 Å². The number of aromatic nitrogens is 1. The Morgan fingerprint density at radius 3 is 2.52 bits per heavy atom. The molecule has 2 nitrogen and oxygen atoms in total. The minimum atomic E-state index is 0.523. The van der Waals surface area contributed by atoms with Crippen molar-refractivity contribution in [1.82, 2.24) is 10.3 Å². The Balaban J connectivity index is 1.73. The van der Waals surface area contributed by atoms with Crippen LogP contribution in [0.2, 0.25) is 0 Å². The largest absolute Gasteiger partial charge is 0.310 e. The number of aryl methyl sites for hydroxylation is 2. The minimum Gasteiger partial charge on any atom is -0.310 e. The van der Waals surface area contributed by atoms with E-state index in [0.29, 0.717) is 6.04 Å². The molecule has 1 N–H and O–H groups in total. The molecule has 2 fully saturated rings. The monoisotopic (exact) mass is 286 g/mol. The van der Waals surface area contributed by atoms with Crippen LogP contribution < -0.4 is 5.32 Å². The van der Waals surface area contributed by atoms with Crippen LogP contribution in [0.3, 0.4) is 0 Å². The summed E-state index contributed by atoms with van der Waals surface area (Å²) in [6, 6.07) is 5.09. The van der Waals surface area contributed by atoms with Gasteiger partial charge in [0.05, 0.1) is 0 Å². The van der Waals surface area contributed by atoms with Crippen molar-refractivity contribution < 1.29 is 0 Å². The maximum Gasteiger partial charge on any atom is 0.0379 e. The fraction of sp³-hybridized carbons (Fsp3) is 0.737. The van der Waals surface area contributed by atoms with Crippen LogP contribution in [-0.4, -0.2) is 11.5 Å². The maximum absolute atomic E-state index is 4.54. The highest BCUT2D eigenvalue weighted by Gasteiger charge is 2.40. The topological polar surface area (TPSA) is 24.9 Å². The molecule has 3 rings (SSSR count). The molecular formula is C19H30N2. The van der Waals surface area contributed by atoms with Gasteiger partial charge in [-0.1, -0.05) is 13.3 Å². The van der Waals surface area contributed by atoms with Crippen LogP contribution in [0.25, 0.3) is 0 Å². The Morgan fingerprint density at radius 2 is 1.95 bits per heavy atom. The van der Waals surface area contributed by atoms with Crippen LogP contribution >= 0.6 is 0 Å². The SMILES string of the molecule is CCCNC(CC1CC2CCC1C2)c1cc(C)nc(C)c1. The lowest BCUT2D eigenvalue weighted by molar-refractivity contribution is 0.279. The second-order valence-corrected chi connectivity index (χ2v) is 7.36. The van der Waals surface area contributed by atoms with Gasteiger partial charge in [0, 0.05) is 17.4 Å². The predicted molar refractivity (Wildman–Crippen MR) is 88.3 cm³/mol. The van der Waals surface area contributed by atoms with Gasteiger partial charge in [-0.2, -0.15) is 0 Å². The average molecular weight is 286 g/mol. The van der Waals surface area contributed by atoms with Crippen molar-refractivity contribution in [1.29, 1.82) is 0 Å². The second-order valence-electron chi connectivity index (χ2n) is 7.36. The number of hydrogen-bond donors (Lipinski definition) is 1. The summed E-state index contributed by atoms with van der Waals surface area (Å²) in [4.78, 5) is 4.54. The Labute approximate surface area is 129 Å². The van der Waals surface area contributed by atoms with Crippen LogP contribution in [-0.2, 0) is 0 Å². The van der Waals surface area contributed by atoms with Crippen LogP contribution in [0.1, 0.15) is 68.4 Å². The number of fused-ring (bicyclic) bond motifs is 2. The molecule has 0 spiro atoms. The first-order valence-electron chi connectivity index (χ1n) is 8.84. The summed E-state index contributed by atoms with van der Waals surface area (Å²) in [5, 5.41) is 3.80. The molecule has 116 valence electrons. The first-order chi connectivity index (χ1) is 10.2. The van der Waals surface area contributed by atoms with Crippen molar-refractivity contribution in [3.8, 4) is 0 Å². The third-order valence-electron chi connectivity index (χ3n) is 5.57. The number of nitrogens with one attached hydrogen (secondary N) is 1. The lowest BCUT2D eigenvalue weighted by Gasteiger charge is -2.28. The van der Waals surface area contributed by atoms with Crippen LogP contribution in [0, 0.1) is 31.6 Å². The summed E-state index contributed by atoms with van der Waals surface area (Å²) in [7, 11) is 0. The van der Waals surface area contributed by atoms with Gasteiger partial charge in [-0.05, 0) is 87.9 Å². The molecule has 0 aliphatic heterocycles. The highest BCUT2D eigenvalue weighted by Crippen LogP contribution is 2.50. The quantitative estimate of drug-likeness (QED) is 0.829. The van der Waals surface area contributed by atoms with Gasteiger partial charge in [-0.25, -0.2) is 0 Å². The summed E-state index contributed by atoms with van der Waals surface area (Å²) in [6.07, 6.45) is 8.52. The molecule has 2 heteroatoms. The molecule has 2 saturated carbocycles. The minimum absolute atomic E-state index is 0.523. The molecule has 2 aliphatic carbocycles. The summed E-state index contributed by atoms with van der Waals surface area (Å²) >= 11 is 0. The van der Waals surface area contributed by atoms with Crippen molar-refractivity contribution in [2.24, 2.45) is 17.8 Å². The Hall–Kier alpha value is -0.890. The zero-order valence-electron chi connectivity index (χ0n) is 13.9. The zero-order valence-corrected chi connectivity index (χ0v) is 13.9. The van der Waals surface area contributed by atoms with E-state index in [1.54, 1.807) is 0 Å². The summed E-state index contributed by atoms with van der Waals surface area (Å²) in [6.45, 7) is 7.60. The molecule has 1 aromatic rings. The third-order valence-corrected chi connectivity index (χ3v) is 5.57. The van der Waals surface area contributed by atoms with E-state index in [-0.39, 0.29) is 0 Å². The van der Waals surface area contributed by atoms with Gasteiger partial charge in [-0.3, -0.25) is 4.98 Å². The Bertz CT molecular complexity index is 462. The number of hydrogen-bond acceptors (Lipinski definition) is 2. The van der Waals surface area contributed by atoms with Gasteiger partial charge in [0.25, 0.3) is 0 Å². The fourth-order valence-electron chi connectivity index (χ4n) is 4.69. The molecule has 0 radical (unpaired) electrons. The van der Waals surface area contributed by atoms with E-state index in [9.17, 15) is 0 Å². The molecule has 0 saturated heterocycles. The van der Waals surface area contributed by atoms with Gasteiger partial charge in [0.15, 0.2) is 0 Å². The normalized spacial score (nSPS) is 29.0. The fourth-order valence-corrected chi connectivity index (χ4v) is 4.69. The van der Waals surface area contributed by atoms with Gasteiger partial charge in [0.1, 0.15) is 0 Å². The van der Waals surface area contributed by atoms with E-state index in [0.717, 1.165) is 35.7 Å². The van der Waals surface area contributed by atoms with Crippen LogP contribution in [0.4, 0.5) is 0 Å². The molecule has 0 amide bonds. The van der Waals surface area contributed by atoms with E-state index in [1.807, 2.05) is 0 Å². The van der Waals surface area contributed by atoms with Crippen LogP contribution in [0.15, 0.2) is 12.1 Å². The smallest absolute Gasteiger partial charge is 0.0379 e. The van der Waals surface area contributed by atoms with Gasteiger partial charge in [-0.15, -0.1) is 0 Å². The van der Waals surface area contributed by atoms with Crippen LogP contribution in [0.5, 0.6) is 0 Å². The molecule has 1 heterocycles. The van der Waals surface area contributed by atoms with Gasteiger partial charge in [0.2, 0.25) is 0 Å². The molecule has 21 heavy (non-hydrogen) atoms. The predicted octanol–water partition coefficient (Wildman–Crippen LogP) is 4.57. The lowest BCUT2D eigenvalue weighted by Crippen LogP contribution is -2.26. The lowest BCUT2D eigenvalue weighted by atomic mass is 9.82. The first-order valence-corrected chi connectivity index (χ1v) is 8.84. The highest BCUT2D eigenvalue weighted by atomic mass is 14.9. The standard InChI is InChI=1S/C19H30N2/c1-4-7-20-19(18-8-13(2)21-14(3)9-18)12-17-11-15-5-6-16(17)10-15/h8-9,15-17,19-20H,4-7,10-12H2,1-3H3. The molecule has 2 bridgehead atoms. The highest BCUT2D eigenvalue weighted by molar-refractivity contribution is 5.24. The molecular weight excluding hydrogens is 256 g/mol. The van der Waals surface area contributed by atoms with Crippen molar-refractivity contribution in [3.63, 3.8) is 0 Å².